The van der Waals surface area contributed by atoms with Crippen LogP contribution in [0.15, 0.2) is 65.8 Å². The van der Waals surface area contributed by atoms with Crippen molar-refractivity contribution in [2.75, 3.05) is 33.8 Å². The first kappa shape index (κ1) is 25.0. The molecule has 1 aliphatic rings. The molecule has 1 fully saturated rings. The predicted molar refractivity (Wildman–Crippen MR) is 144 cm³/mol. The van der Waals surface area contributed by atoms with Gasteiger partial charge in [0.2, 0.25) is 0 Å². The van der Waals surface area contributed by atoms with Crippen LogP contribution in [0.3, 0.4) is 0 Å². The maximum absolute atomic E-state index is 5.65. The van der Waals surface area contributed by atoms with Gasteiger partial charge in [-0.3, -0.25) is 9.89 Å². The van der Waals surface area contributed by atoms with Crippen molar-refractivity contribution >= 4 is 29.9 Å². The number of hydrogen-bond donors (Lipinski definition) is 3. The molecule has 2 aromatic carbocycles. The molecule has 0 radical (unpaired) electrons. The minimum absolute atomic E-state index is 0. The molecule has 1 aromatic heterocycles. The van der Waals surface area contributed by atoms with Crippen molar-refractivity contribution in [3.8, 4) is 17.0 Å². The van der Waals surface area contributed by atoms with Crippen LogP contribution in [-0.2, 0) is 6.54 Å². The number of hydrogen-bond acceptors (Lipinski definition) is 4. The summed E-state index contributed by atoms with van der Waals surface area (Å²) in [6.45, 7) is 3.51. The molecule has 0 aliphatic carbocycles. The lowest BCUT2D eigenvalue weighted by atomic mass is 10.0. The zero-order valence-electron chi connectivity index (χ0n) is 19.3. The van der Waals surface area contributed by atoms with Gasteiger partial charge in [-0.1, -0.05) is 48.5 Å². The van der Waals surface area contributed by atoms with Crippen LogP contribution < -0.4 is 15.4 Å². The molecule has 3 N–H and O–H groups in total. The van der Waals surface area contributed by atoms with E-state index in [0.717, 1.165) is 48.4 Å². The number of aliphatic imine (C=N–C) groups is 1. The van der Waals surface area contributed by atoms with E-state index < -0.39 is 0 Å². The van der Waals surface area contributed by atoms with Crippen molar-refractivity contribution in [1.29, 1.82) is 0 Å². The molecule has 0 spiro atoms. The topological polar surface area (TPSA) is 77.6 Å². The van der Waals surface area contributed by atoms with Crippen molar-refractivity contribution in [3.05, 3.63) is 72.2 Å². The van der Waals surface area contributed by atoms with Crippen LogP contribution in [0.5, 0.6) is 5.75 Å². The van der Waals surface area contributed by atoms with Crippen LogP contribution >= 0.6 is 24.0 Å². The van der Waals surface area contributed by atoms with E-state index in [1.165, 1.54) is 18.4 Å². The van der Waals surface area contributed by atoms with Crippen LogP contribution in [0, 0.1) is 0 Å². The summed E-state index contributed by atoms with van der Waals surface area (Å²) in [7, 11) is 3.53. The predicted octanol–water partition coefficient (Wildman–Crippen LogP) is 4.21. The number of imidazole rings is 1. The van der Waals surface area contributed by atoms with Gasteiger partial charge in [-0.05, 0) is 37.6 Å². The highest BCUT2D eigenvalue weighted by atomic mass is 127. The number of rotatable bonds is 8. The number of guanidine groups is 1. The van der Waals surface area contributed by atoms with Crippen LogP contribution in [0.4, 0.5) is 0 Å². The standard InChI is InChI=1S/C25H32N6O.HI/c1-26-25(29-18-24-27-16-21(30-24)19-10-4-3-5-11-19)28-17-22(31-14-8-9-15-31)20-12-6-7-13-23(20)32-2;/h3-7,10-13,16,22H,8-9,14-15,17-18H2,1-2H3,(H,27,30)(H2,26,28,29);1H. The van der Waals surface area contributed by atoms with E-state index in [1.807, 2.05) is 36.5 Å². The highest BCUT2D eigenvalue weighted by Gasteiger charge is 2.26. The second-order valence-corrected chi connectivity index (χ2v) is 7.92. The Morgan fingerprint density at radius 2 is 1.82 bits per heavy atom. The van der Waals surface area contributed by atoms with Gasteiger partial charge >= 0.3 is 0 Å². The fourth-order valence-electron chi connectivity index (χ4n) is 4.23. The van der Waals surface area contributed by atoms with Crippen molar-refractivity contribution < 1.29 is 4.74 Å². The van der Waals surface area contributed by atoms with Gasteiger partial charge in [0.25, 0.3) is 0 Å². The fraction of sp³-hybridized carbons (Fsp3) is 0.360. The van der Waals surface area contributed by atoms with Gasteiger partial charge < -0.3 is 20.4 Å². The normalized spacial score (nSPS) is 15.0. The molecule has 2 heterocycles. The Hall–Kier alpha value is -2.59. The molecular weight excluding hydrogens is 527 g/mol. The van der Waals surface area contributed by atoms with Gasteiger partial charge in [0, 0.05) is 19.2 Å². The van der Waals surface area contributed by atoms with Crippen molar-refractivity contribution in [2.24, 2.45) is 4.99 Å². The third-order valence-electron chi connectivity index (χ3n) is 5.90. The largest absolute Gasteiger partial charge is 0.496 e. The van der Waals surface area contributed by atoms with E-state index in [4.69, 9.17) is 4.74 Å². The third kappa shape index (κ3) is 6.48. The molecular formula is C25H33IN6O. The molecule has 7 nitrogen and oxygen atoms in total. The molecule has 1 aliphatic heterocycles. The number of nitrogens with zero attached hydrogens (tertiary/aromatic N) is 3. The van der Waals surface area contributed by atoms with Gasteiger partial charge in [0.1, 0.15) is 11.6 Å². The quantitative estimate of drug-likeness (QED) is 0.219. The van der Waals surface area contributed by atoms with Gasteiger partial charge in [-0.25, -0.2) is 4.98 Å². The fourth-order valence-corrected chi connectivity index (χ4v) is 4.23. The summed E-state index contributed by atoms with van der Waals surface area (Å²) >= 11 is 0. The number of ether oxygens (including phenoxy) is 1. The molecule has 4 rings (SSSR count). The summed E-state index contributed by atoms with van der Waals surface area (Å²) in [5.41, 5.74) is 3.34. The third-order valence-corrected chi connectivity index (χ3v) is 5.90. The number of methoxy groups -OCH3 is 1. The summed E-state index contributed by atoms with van der Waals surface area (Å²) in [5.74, 6) is 2.55. The molecule has 0 amide bonds. The first-order chi connectivity index (χ1) is 15.8. The average Bonchev–Trinajstić information content (AvgIpc) is 3.55. The van der Waals surface area contributed by atoms with Crippen LogP contribution in [0.25, 0.3) is 11.3 Å². The Labute approximate surface area is 213 Å². The summed E-state index contributed by atoms with van der Waals surface area (Å²) in [6, 6.07) is 18.7. The molecule has 1 atom stereocenters. The summed E-state index contributed by atoms with van der Waals surface area (Å²) < 4.78 is 5.65. The molecule has 1 saturated heterocycles. The monoisotopic (exact) mass is 560 g/mol. The van der Waals surface area contributed by atoms with Crippen LogP contribution in [-0.4, -0.2) is 54.6 Å². The molecule has 3 aromatic rings. The number of nitrogens with one attached hydrogen (secondary N) is 3. The summed E-state index contributed by atoms with van der Waals surface area (Å²) in [4.78, 5) is 14.8. The Bertz CT molecular complexity index is 1020. The second-order valence-electron chi connectivity index (χ2n) is 7.92. The lowest BCUT2D eigenvalue weighted by molar-refractivity contribution is 0.239. The molecule has 1 unspecified atom stereocenters. The van der Waals surface area contributed by atoms with Gasteiger partial charge in [0.05, 0.1) is 31.6 Å². The lowest BCUT2D eigenvalue weighted by Gasteiger charge is -2.30. The molecule has 0 bridgehead atoms. The number of H-pyrrole nitrogens is 1. The van der Waals surface area contributed by atoms with E-state index in [0.29, 0.717) is 6.54 Å². The van der Waals surface area contributed by atoms with E-state index in [1.54, 1.807) is 14.2 Å². The van der Waals surface area contributed by atoms with Gasteiger partial charge in [-0.2, -0.15) is 0 Å². The maximum Gasteiger partial charge on any atom is 0.191 e. The highest BCUT2D eigenvalue weighted by Crippen LogP contribution is 2.31. The second kappa shape index (κ2) is 12.6. The Balaban J connectivity index is 0.00000306. The van der Waals surface area contributed by atoms with Gasteiger partial charge in [-0.15, -0.1) is 24.0 Å². The van der Waals surface area contributed by atoms with Crippen LogP contribution in [0.1, 0.15) is 30.3 Å². The Morgan fingerprint density at radius 3 is 2.55 bits per heavy atom. The number of aromatic amines is 1. The van der Waals surface area contributed by atoms with E-state index in [2.05, 4.69) is 54.8 Å². The SMILES string of the molecule is CN=C(NCc1ncc(-c2ccccc2)[nH]1)NCC(c1ccccc1OC)N1CCCC1.I. The van der Waals surface area contributed by atoms with E-state index in [9.17, 15) is 0 Å². The first-order valence-corrected chi connectivity index (χ1v) is 11.2. The van der Waals surface area contributed by atoms with E-state index in [-0.39, 0.29) is 30.0 Å². The van der Waals surface area contributed by atoms with Crippen molar-refractivity contribution in [2.45, 2.75) is 25.4 Å². The zero-order chi connectivity index (χ0) is 22.2. The first-order valence-electron chi connectivity index (χ1n) is 11.2. The number of benzene rings is 2. The minimum atomic E-state index is 0. The van der Waals surface area contributed by atoms with E-state index >= 15 is 0 Å². The highest BCUT2D eigenvalue weighted by molar-refractivity contribution is 14.0. The number of likely N-dealkylation sites (tertiary alicyclic amines) is 1. The smallest absolute Gasteiger partial charge is 0.191 e. The molecule has 176 valence electrons. The Kier molecular flexibility index (Phi) is 9.56. The minimum Gasteiger partial charge on any atom is -0.496 e. The number of para-hydroxylation sites is 1. The van der Waals surface area contributed by atoms with Crippen molar-refractivity contribution in [3.63, 3.8) is 0 Å². The molecule has 0 saturated carbocycles. The number of halogens is 1. The lowest BCUT2D eigenvalue weighted by Crippen LogP contribution is -2.42. The maximum atomic E-state index is 5.65. The summed E-state index contributed by atoms with van der Waals surface area (Å²) in [5, 5.41) is 6.88. The van der Waals surface area contributed by atoms with Crippen LogP contribution in [0.2, 0.25) is 0 Å². The van der Waals surface area contributed by atoms with Crippen molar-refractivity contribution in [1.82, 2.24) is 25.5 Å². The number of aromatic nitrogens is 2. The summed E-state index contributed by atoms with van der Waals surface area (Å²) in [6.07, 6.45) is 4.34. The Morgan fingerprint density at radius 1 is 1.09 bits per heavy atom. The zero-order valence-corrected chi connectivity index (χ0v) is 21.6. The molecule has 33 heavy (non-hydrogen) atoms. The molecule has 8 heteroatoms. The van der Waals surface area contributed by atoms with Gasteiger partial charge in [0.15, 0.2) is 5.96 Å². The average molecular weight is 560 g/mol.